The van der Waals surface area contributed by atoms with Crippen molar-refractivity contribution in [3.05, 3.63) is 118 Å². The zero-order valence-corrected chi connectivity index (χ0v) is 21.5. The molecule has 39 heavy (non-hydrogen) atoms. The first-order valence-corrected chi connectivity index (χ1v) is 12.7. The quantitative estimate of drug-likeness (QED) is 0.124. The van der Waals surface area contributed by atoms with Crippen LogP contribution in [0.5, 0.6) is 17.2 Å². The monoisotopic (exact) mass is 536 g/mol. The lowest BCUT2D eigenvalue weighted by molar-refractivity contribution is 0.0736. The maximum absolute atomic E-state index is 13.6. The van der Waals surface area contributed by atoms with Gasteiger partial charge < -0.3 is 18.6 Å². The van der Waals surface area contributed by atoms with Gasteiger partial charge in [-0.2, -0.15) is 0 Å². The van der Waals surface area contributed by atoms with Crippen molar-refractivity contribution in [2.24, 2.45) is 0 Å². The van der Waals surface area contributed by atoms with E-state index in [1.807, 2.05) is 43.3 Å². The molecule has 7 heteroatoms. The van der Waals surface area contributed by atoms with Gasteiger partial charge in [0.1, 0.15) is 34.2 Å². The number of hydrogen-bond donors (Lipinski definition) is 0. The first-order chi connectivity index (χ1) is 19.0. The van der Waals surface area contributed by atoms with Crippen molar-refractivity contribution in [1.29, 1.82) is 0 Å². The van der Waals surface area contributed by atoms with E-state index in [1.165, 1.54) is 6.07 Å². The molecule has 0 fully saturated rings. The molecule has 0 atom stereocenters. The van der Waals surface area contributed by atoms with Gasteiger partial charge in [-0.15, -0.1) is 0 Å². The third kappa shape index (κ3) is 4.78. The second-order valence-corrected chi connectivity index (χ2v) is 9.24. The van der Waals surface area contributed by atoms with Gasteiger partial charge in [-0.3, -0.25) is 4.79 Å². The topological polar surface area (TPSA) is 75.0 Å². The minimum atomic E-state index is -0.611. The van der Waals surface area contributed by atoms with Crippen molar-refractivity contribution < 1.29 is 28.2 Å². The van der Waals surface area contributed by atoms with E-state index < -0.39 is 5.97 Å². The molecule has 0 unspecified atom stereocenters. The summed E-state index contributed by atoms with van der Waals surface area (Å²) in [5, 5.41) is 1.13. The summed E-state index contributed by atoms with van der Waals surface area (Å²) in [5.74, 6) is 0.819. The predicted molar refractivity (Wildman–Crippen MR) is 149 cm³/mol. The zero-order valence-electron chi connectivity index (χ0n) is 20.8. The van der Waals surface area contributed by atoms with Crippen LogP contribution in [0.3, 0.4) is 0 Å². The Morgan fingerprint density at radius 1 is 0.923 bits per heavy atom. The molecule has 4 aromatic carbocycles. The number of furan rings is 1. The van der Waals surface area contributed by atoms with Crippen LogP contribution in [0.1, 0.15) is 33.2 Å². The number of ketones is 1. The van der Waals surface area contributed by atoms with E-state index in [0.717, 1.165) is 11.1 Å². The molecule has 2 heterocycles. The average molecular weight is 537 g/mol. The average Bonchev–Trinajstić information content (AvgIpc) is 3.46. The lowest BCUT2D eigenvalue weighted by Gasteiger charge is -2.07. The molecule has 0 saturated carbocycles. The molecule has 1 aliphatic heterocycles. The molecule has 6 rings (SSSR count). The fraction of sp³-hybridized carbons (Fsp3) is 0.0625. The van der Waals surface area contributed by atoms with E-state index in [1.54, 1.807) is 54.6 Å². The van der Waals surface area contributed by atoms with Crippen LogP contribution in [-0.4, -0.2) is 18.4 Å². The lowest BCUT2D eigenvalue weighted by Crippen LogP contribution is -2.09. The van der Waals surface area contributed by atoms with E-state index in [9.17, 15) is 9.59 Å². The highest BCUT2D eigenvalue weighted by Crippen LogP contribution is 2.38. The van der Waals surface area contributed by atoms with Crippen LogP contribution in [0.15, 0.2) is 101 Å². The van der Waals surface area contributed by atoms with Crippen LogP contribution >= 0.6 is 11.6 Å². The van der Waals surface area contributed by atoms with E-state index in [0.29, 0.717) is 45.4 Å². The number of rotatable bonds is 6. The van der Waals surface area contributed by atoms with Gasteiger partial charge in [-0.25, -0.2) is 4.79 Å². The molecule has 0 amide bonds. The van der Waals surface area contributed by atoms with Crippen LogP contribution in [0.25, 0.3) is 28.4 Å². The van der Waals surface area contributed by atoms with E-state index >= 15 is 0 Å². The van der Waals surface area contributed by atoms with Crippen molar-refractivity contribution in [3.63, 3.8) is 0 Å². The Balaban J connectivity index is 1.34. The molecule has 1 aliphatic rings. The van der Waals surface area contributed by atoms with Crippen molar-refractivity contribution in [2.45, 2.75) is 6.92 Å². The number of allylic oxidation sites excluding steroid dienone is 1. The molecular weight excluding hydrogens is 516 g/mol. The SMILES string of the molecule is CCOc1ccc2oc(-c3ccccc3)c(C(=O)Oc3ccc4c(c3)OC(=Cc3cccc(Cl)c3)C4=O)c2c1. The van der Waals surface area contributed by atoms with Crippen LogP contribution < -0.4 is 14.2 Å². The van der Waals surface area contributed by atoms with E-state index in [4.69, 9.17) is 30.2 Å². The third-order valence-electron chi connectivity index (χ3n) is 6.21. The molecule has 6 nitrogen and oxygen atoms in total. The zero-order chi connectivity index (χ0) is 26.9. The molecule has 0 spiro atoms. The van der Waals surface area contributed by atoms with Crippen molar-refractivity contribution in [1.82, 2.24) is 0 Å². The number of halogens is 1. The molecule has 5 aromatic rings. The third-order valence-corrected chi connectivity index (χ3v) is 6.44. The second kappa shape index (κ2) is 10.2. The normalized spacial score (nSPS) is 13.4. The number of fused-ring (bicyclic) bond motifs is 2. The maximum atomic E-state index is 13.6. The molecule has 1 aromatic heterocycles. The first-order valence-electron chi connectivity index (χ1n) is 12.3. The number of carbonyl (C=O) groups is 2. The fourth-order valence-corrected chi connectivity index (χ4v) is 4.66. The van der Waals surface area contributed by atoms with Crippen molar-refractivity contribution >= 4 is 40.4 Å². The maximum Gasteiger partial charge on any atom is 0.348 e. The van der Waals surface area contributed by atoms with Crippen LogP contribution in [0, 0.1) is 0 Å². The smallest absolute Gasteiger partial charge is 0.348 e. The molecule has 0 saturated heterocycles. The minimum Gasteiger partial charge on any atom is -0.494 e. The first kappa shape index (κ1) is 24.5. The van der Waals surface area contributed by atoms with E-state index in [2.05, 4.69) is 0 Å². The Bertz CT molecular complexity index is 1770. The van der Waals surface area contributed by atoms with Crippen molar-refractivity contribution in [2.75, 3.05) is 6.61 Å². The summed E-state index contributed by atoms with van der Waals surface area (Å²) in [6.45, 7) is 2.37. The number of carbonyl (C=O) groups excluding carboxylic acids is 2. The molecule has 0 radical (unpaired) electrons. The van der Waals surface area contributed by atoms with Gasteiger partial charge >= 0.3 is 5.97 Å². The number of ether oxygens (including phenoxy) is 3. The van der Waals surface area contributed by atoms with Gasteiger partial charge in [0.2, 0.25) is 5.78 Å². The number of esters is 1. The Labute approximate surface area is 229 Å². The Morgan fingerprint density at radius 3 is 2.54 bits per heavy atom. The highest BCUT2D eigenvalue weighted by molar-refractivity contribution is 6.30. The summed E-state index contributed by atoms with van der Waals surface area (Å²) in [6, 6.07) is 26.4. The highest BCUT2D eigenvalue weighted by Gasteiger charge is 2.29. The van der Waals surface area contributed by atoms with E-state index in [-0.39, 0.29) is 22.9 Å². The highest BCUT2D eigenvalue weighted by atomic mass is 35.5. The Morgan fingerprint density at radius 2 is 1.74 bits per heavy atom. The second-order valence-electron chi connectivity index (χ2n) is 8.81. The summed E-state index contributed by atoms with van der Waals surface area (Å²) in [5.41, 5.74) is 2.65. The summed E-state index contributed by atoms with van der Waals surface area (Å²) >= 11 is 6.06. The Hall–Kier alpha value is -4.81. The Kier molecular flexibility index (Phi) is 6.39. The number of benzene rings is 4. The summed E-state index contributed by atoms with van der Waals surface area (Å²) in [7, 11) is 0. The minimum absolute atomic E-state index is 0.159. The van der Waals surface area contributed by atoms with Gasteiger partial charge in [0.15, 0.2) is 5.76 Å². The van der Waals surface area contributed by atoms with Gasteiger partial charge in [0, 0.05) is 22.0 Å². The molecule has 0 N–H and O–H groups in total. The van der Waals surface area contributed by atoms with Crippen LogP contribution in [0.2, 0.25) is 5.02 Å². The van der Waals surface area contributed by atoms with Crippen molar-refractivity contribution in [3.8, 4) is 28.6 Å². The molecule has 192 valence electrons. The summed E-state index contributed by atoms with van der Waals surface area (Å²) < 4.78 is 23.4. The van der Waals surface area contributed by atoms with Gasteiger partial charge in [0.25, 0.3) is 0 Å². The number of Topliss-reactive ketones (excluding diaryl/α,β-unsaturated/α-hetero) is 1. The van der Waals surface area contributed by atoms with Crippen LogP contribution in [-0.2, 0) is 0 Å². The molecule has 0 bridgehead atoms. The summed E-state index contributed by atoms with van der Waals surface area (Å²) in [4.78, 5) is 26.5. The van der Waals surface area contributed by atoms with Crippen LogP contribution in [0.4, 0.5) is 0 Å². The molecule has 0 aliphatic carbocycles. The van der Waals surface area contributed by atoms with Gasteiger partial charge in [0.05, 0.1) is 12.2 Å². The predicted octanol–water partition coefficient (Wildman–Crippen LogP) is 7.99. The number of hydrogen-bond acceptors (Lipinski definition) is 6. The summed E-state index contributed by atoms with van der Waals surface area (Å²) in [6.07, 6.45) is 1.62. The lowest BCUT2D eigenvalue weighted by atomic mass is 10.1. The standard InChI is InChI=1S/C32H21ClO6/c1-2-36-22-12-14-26-25(17-22)29(31(39-26)20-8-4-3-5-9-20)32(35)37-23-11-13-24-27(18-23)38-28(30(24)34)16-19-7-6-10-21(33)15-19/h3-18H,2H2,1H3. The fourth-order valence-electron chi connectivity index (χ4n) is 4.47. The van der Waals surface area contributed by atoms with Gasteiger partial charge in [-0.05, 0) is 61.0 Å². The molecular formula is C32H21ClO6. The van der Waals surface area contributed by atoms with Gasteiger partial charge in [-0.1, -0.05) is 54.1 Å². The largest absolute Gasteiger partial charge is 0.494 e.